The number of aromatic hydroxyl groups is 1. The predicted octanol–water partition coefficient (Wildman–Crippen LogP) is 3.59. The number of carbonyl (C=O) groups is 2. The molecule has 0 heterocycles. The van der Waals surface area contributed by atoms with E-state index in [0.717, 1.165) is 12.0 Å². The summed E-state index contributed by atoms with van der Waals surface area (Å²) in [7, 11) is 0. The highest BCUT2D eigenvalue weighted by atomic mass is 16.3. The number of hydrogen-bond donors (Lipinski definition) is 3. The molecule has 26 heavy (non-hydrogen) atoms. The van der Waals surface area contributed by atoms with E-state index in [1.54, 1.807) is 31.2 Å². The molecule has 6 heteroatoms. The van der Waals surface area contributed by atoms with E-state index in [0.29, 0.717) is 28.9 Å². The van der Waals surface area contributed by atoms with Gasteiger partial charge >= 0.3 is 0 Å². The number of hydrogen-bond acceptors (Lipinski definition) is 4. The molecular formula is C20H23N3O3. The molecule has 0 aliphatic carbocycles. The van der Waals surface area contributed by atoms with Crippen LogP contribution in [0, 0.1) is 6.92 Å². The number of anilines is 1. The van der Waals surface area contributed by atoms with Gasteiger partial charge in [0.25, 0.3) is 5.91 Å². The highest BCUT2D eigenvalue weighted by molar-refractivity contribution is 6.04. The van der Waals surface area contributed by atoms with Crippen molar-refractivity contribution in [2.24, 2.45) is 5.10 Å². The van der Waals surface area contributed by atoms with Gasteiger partial charge in [-0.15, -0.1) is 0 Å². The Morgan fingerprint density at radius 1 is 1.12 bits per heavy atom. The molecule has 0 spiro atoms. The van der Waals surface area contributed by atoms with E-state index >= 15 is 0 Å². The fraction of sp³-hybridized carbons (Fsp3) is 0.250. The van der Waals surface area contributed by atoms with E-state index in [4.69, 9.17) is 0 Å². The summed E-state index contributed by atoms with van der Waals surface area (Å²) in [5.41, 5.74) is 5.46. The van der Waals surface area contributed by atoms with Gasteiger partial charge < -0.3 is 10.4 Å². The Labute approximate surface area is 152 Å². The lowest BCUT2D eigenvalue weighted by molar-refractivity contribution is -0.116. The minimum atomic E-state index is -0.337. The predicted molar refractivity (Wildman–Crippen MR) is 103 cm³/mol. The number of benzene rings is 2. The van der Waals surface area contributed by atoms with Crippen LogP contribution in [0.2, 0.25) is 0 Å². The lowest BCUT2D eigenvalue weighted by atomic mass is 10.1. The molecule has 136 valence electrons. The third-order valence-electron chi connectivity index (χ3n) is 3.79. The monoisotopic (exact) mass is 353 g/mol. The largest absolute Gasteiger partial charge is 0.507 e. The molecule has 0 unspecified atom stereocenters. The number of amides is 2. The van der Waals surface area contributed by atoms with Gasteiger partial charge in [0.2, 0.25) is 5.91 Å². The minimum Gasteiger partial charge on any atom is -0.507 e. The Kier molecular flexibility index (Phi) is 6.49. The van der Waals surface area contributed by atoms with E-state index in [1.807, 2.05) is 26.0 Å². The van der Waals surface area contributed by atoms with Crippen LogP contribution < -0.4 is 10.7 Å². The van der Waals surface area contributed by atoms with Crippen LogP contribution in [0.1, 0.15) is 48.2 Å². The summed E-state index contributed by atoms with van der Waals surface area (Å²) in [5.74, 6) is -0.410. The average molecular weight is 353 g/mol. The first-order chi connectivity index (χ1) is 12.4. The van der Waals surface area contributed by atoms with Gasteiger partial charge in [0.15, 0.2) is 0 Å². The first-order valence-corrected chi connectivity index (χ1v) is 8.45. The van der Waals surface area contributed by atoms with Gasteiger partial charge in [0, 0.05) is 23.2 Å². The van der Waals surface area contributed by atoms with Crippen LogP contribution >= 0.6 is 0 Å². The second-order valence-corrected chi connectivity index (χ2v) is 6.03. The Hall–Kier alpha value is -3.15. The van der Waals surface area contributed by atoms with Gasteiger partial charge in [0.05, 0.1) is 5.71 Å². The molecule has 0 saturated heterocycles. The molecule has 0 saturated carbocycles. The fourth-order valence-corrected chi connectivity index (χ4v) is 2.32. The average Bonchev–Trinajstić information content (AvgIpc) is 2.61. The second-order valence-electron chi connectivity index (χ2n) is 6.03. The maximum atomic E-state index is 12.1. The van der Waals surface area contributed by atoms with Gasteiger partial charge in [-0.05, 0) is 50.6 Å². The van der Waals surface area contributed by atoms with Gasteiger partial charge in [-0.3, -0.25) is 9.59 Å². The van der Waals surface area contributed by atoms with Crippen molar-refractivity contribution < 1.29 is 14.7 Å². The molecular weight excluding hydrogens is 330 g/mol. The van der Waals surface area contributed by atoms with E-state index in [1.165, 1.54) is 6.07 Å². The Bertz CT molecular complexity index is 827. The zero-order valence-corrected chi connectivity index (χ0v) is 15.2. The number of hydrazone groups is 1. The maximum absolute atomic E-state index is 12.1. The molecule has 0 bridgehead atoms. The zero-order chi connectivity index (χ0) is 19.1. The number of phenolic OH excluding ortho intramolecular Hbond substituents is 1. The van der Waals surface area contributed by atoms with Gasteiger partial charge in [-0.25, -0.2) is 5.43 Å². The summed E-state index contributed by atoms with van der Waals surface area (Å²) in [6, 6.07) is 11.9. The molecule has 0 fully saturated rings. The first-order valence-electron chi connectivity index (χ1n) is 8.45. The Balaban J connectivity index is 2.13. The third kappa shape index (κ3) is 5.17. The summed E-state index contributed by atoms with van der Waals surface area (Å²) in [4.78, 5) is 23.8. The van der Waals surface area contributed by atoms with Crippen molar-refractivity contribution in [3.05, 3.63) is 59.2 Å². The van der Waals surface area contributed by atoms with E-state index in [-0.39, 0.29) is 17.6 Å². The number of nitrogens with one attached hydrogen (secondary N) is 2. The number of aryl methyl sites for hydroxylation is 1. The lowest BCUT2D eigenvalue weighted by Crippen LogP contribution is -2.19. The van der Waals surface area contributed by atoms with Crippen molar-refractivity contribution in [2.75, 3.05) is 5.32 Å². The smallest absolute Gasteiger partial charge is 0.271 e. The topological polar surface area (TPSA) is 90.8 Å². The summed E-state index contributed by atoms with van der Waals surface area (Å²) < 4.78 is 0. The Morgan fingerprint density at radius 2 is 1.81 bits per heavy atom. The molecule has 6 nitrogen and oxygen atoms in total. The molecule has 2 amide bonds. The number of nitrogens with zero attached hydrogens (tertiary/aromatic N) is 1. The van der Waals surface area contributed by atoms with Crippen LogP contribution in [0.25, 0.3) is 0 Å². The molecule has 2 aromatic carbocycles. The molecule has 0 aromatic heterocycles. The van der Waals surface area contributed by atoms with Crippen molar-refractivity contribution in [1.29, 1.82) is 0 Å². The minimum absolute atomic E-state index is 0.0179. The SMILES string of the molecule is CCCC(=O)Nc1ccc(O)c(/C(C)=N/NC(=O)c2ccc(C)cc2)c1. The summed E-state index contributed by atoms with van der Waals surface area (Å²) in [6.45, 7) is 5.54. The molecule has 0 atom stereocenters. The lowest BCUT2D eigenvalue weighted by Gasteiger charge is -2.09. The molecule has 3 N–H and O–H groups in total. The third-order valence-corrected chi connectivity index (χ3v) is 3.79. The van der Waals surface area contributed by atoms with Crippen LogP contribution in [0.15, 0.2) is 47.6 Å². The van der Waals surface area contributed by atoms with Crippen molar-refractivity contribution >= 4 is 23.2 Å². The van der Waals surface area contributed by atoms with Crippen LogP contribution in [-0.2, 0) is 4.79 Å². The molecule has 0 radical (unpaired) electrons. The summed E-state index contributed by atoms with van der Waals surface area (Å²) in [5, 5.41) is 16.9. The summed E-state index contributed by atoms with van der Waals surface area (Å²) in [6.07, 6.45) is 1.18. The van der Waals surface area contributed by atoms with Gasteiger partial charge in [0.1, 0.15) is 5.75 Å². The van der Waals surface area contributed by atoms with E-state index in [2.05, 4.69) is 15.8 Å². The zero-order valence-electron chi connectivity index (χ0n) is 15.2. The number of phenols is 1. The van der Waals surface area contributed by atoms with Crippen molar-refractivity contribution in [3.8, 4) is 5.75 Å². The van der Waals surface area contributed by atoms with Crippen LogP contribution in [0.5, 0.6) is 5.75 Å². The maximum Gasteiger partial charge on any atom is 0.271 e. The normalized spacial score (nSPS) is 11.1. The van der Waals surface area contributed by atoms with Gasteiger partial charge in [-0.2, -0.15) is 5.10 Å². The number of carbonyl (C=O) groups excluding carboxylic acids is 2. The van der Waals surface area contributed by atoms with Crippen LogP contribution in [0.4, 0.5) is 5.69 Å². The molecule has 2 rings (SSSR count). The standard InChI is InChI=1S/C20H23N3O3/c1-4-5-19(25)21-16-10-11-18(24)17(12-16)14(3)22-23-20(26)15-8-6-13(2)7-9-15/h6-12,24H,4-5H2,1-3H3,(H,21,25)(H,23,26)/b22-14+. The van der Waals surface area contributed by atoms with Crippen molar-refractivity contribution in [1.82, 2.24) is 5.43 Å². The van der Waals surface area contributed by atoms with Crippen LogP contribution in [0.3, 0.4) is 0 Å². The molecule has 2 aromatic rings. The highest BCUT2D eigenvalue weighted by Gasteiger charge is 2.10. The van der Waals surface area contributed by atoms with Crippen molar-refractivity contribution in [2.45, 2.75) is 33.6 Å². The van der Waals surface area contributed by atoms with Crippen LogP contribution in [-0.4, -0.2) is 22.6 Å². The van der Waals surface area contributed by atoms with Gasteiger partial charge in [-0.1, -0.05) is 24.6 Å². The number of rotatable bonds is 6. The quantitative estimate of drug-likeness (QED) is 0.421. The van der Waals surface area contributed by atoms with Crippen molar-refractivity contribution in [3.63, 3.8) is 0 Å². The highest BCUT2D eigenvalue weighted by Crippen LogP contribution is 2.22. The Morgan fingerprint density at radius 3 is 2.46 bits per heavy atom. The van der Waals surface area contributed by atoms with E-state index in [9.17, 15) is 14.7 Å². The fourth-order valence-electron chi connectivity index (χ4n) is 2.32. The first kappa shape index (κ1) is 19.2. The molecule has 0 aliphatic heterocycles. The molecule has 0 aliphatic rings. The second kappa shape index (κ2) is 8.80. The van der Waals surface area contributed by atoms with E-state index < -0.39 is 0 Å². The summed E-state index contributed by atoms with van der Waals surface area (Å²) >= 11 is 0.